The highest BCUT2D eigenvalue weighted by Gasteiger charge is 2.23. The van der Waals surface area contributed by atoms with Crippen LogP contribution in [0.15, 0.2) is 29.2 Å². The lowest BCUT2D eigenvalue weighted by Crippen LogP contribution is -2.40. The number of hydrogen-bond donors (Lipinski definition) is 1. The zero-order chi connectivity index (χ0) is 19.4. The van der Waals surface area contributed by atoms with Crippen molar-refractivity contribution >= 4 is 11.8 Å². The molecule has 0 atom stereocenters. The van der Waals surface area contributed by atoms with Crippen molar-refractivity contribution in [1.82, 2.24) is 9.97 Å². The van der Waals surface area contributed by atoms with E-state index >= 15 is 0 Å². The Morgan fingerprint density at radius 2 is 2.00 bits per heavy atom. The summed E-state index contributed by atoms with van der Waals surface area (Å²) in [6.45, 7) is 3.34. The number of rotatable bonds is 5. The van der Waals surface area contributed by atoms with Crippen molar-refractivity contribution in [1.29, 1.82) is 0 Å². The average molecular weight is 373 g/mol. The average Bonchev–Trinajstić information content (AvgIpc) is 2.70. The molecule has 1 saturated heterocycles. The number of carbonyl (C=O) groups excluding carboxylic acids is 1. The molecule has 0 aliphatic carbocycles. The molecule has 144 valence electrons. The number of piperidine rings is 1. The number of ether oxygens (including phenoxy) is 3. The summed E-state index contributed by atoms with van der Waals surface area (Å²) in [6.07, 6.45) is 3.36. The molecule has 27 heavy (non-hydrogen) atoms. The van der Waals surface area contributed by atoms with Crippen LogP contribution in [0.2, 0.25) is 0 Å². The van der Waals surface area contributed by atoms with Crippen LogP contribution in [0.5, 0.6) is 11.6 Å². The second-order valence-corrected chi connectivity index (χ2v) is 6.38. The summed E-state index contributed by atoms with van der Waals surface area (Å²) in [5.74, 6) is 1.36. The van der Waals surface area contributed by atoms with E-state index in [9.17, 15) is 9.59 Å². The number of carbonyl (C=O) groups is 1. The molecular formula is C19H23N3O5. The lowest BCUT2D eigenvalue weighted by atomic mass is 10.1. The SMILES string of the molecule is COC(=O)c1cc(C)c(N2CCC(Oc3ccc(OC)nc3)CC2)[nH]c1=O. The molecular weight excluding hydrogens is 350 g/mol. The van der Waals surface area contributed by atoms with E-state index in [1.165, 1.54) is 7.11 Å². The highest BCUT2D eigenvalue weighted by molar-refractivity contribution is 5.89. The Hall–Kier alpha value is -3.03. The summed E-state index contributed by atoms with van der Waals surface area (Å²) in [4.78, 5) is 32.9. The van der Waals surface area contributed by atoms with Gasteiger partial charge < -0.3 is 24.1 Å². The van der Waals surface area contributed by atoms with Crippen LogP contribution in [0.4, 0.5) is 5.82 Å². The van der Waals surface area contributed by atoms with Gasteiger partial charge in [0.15, 0.2) is 0 Å². The van der Waals surface area contributed by atoms with E-state index in [1.807, 2.05) is 13.0 Å². The van der Waals surface area contributed by atoms with Gasteiger partial charge in [0.2, 0.25) is 5.88 Å². The summed E-state index contributed by atoms with van der Waals surface area (Å²) in [7, 11) is 2.83. The molecule has 1 fully saturated rings. The number of nitrogens with one attached hydrogen (secondary N) is 1. The second kappa shape index (κ2) is 8.11. The van der Waals surface area contributed by atoms with Gasteiger partial charge in [0.05, 0.1) is 20.4 Å². The number of anilines is 1. The quantitative estimate of drug-likeness (QED) is 0.800. The number of esters is 1. The van der Waals surface area contributed by atoms with Gasteiger partial charge in [0.1, 0.15) is 23.2 Å². The largest absolute Gasteiger partial charge is 0.489 e. The van der Waals surface area contributed by atoms with Gasteiger partial charge in [0.25, 0.3) is 5.56 Å². The van der Waals surface area contributed by atoms with Crippen molar-refractivity contribution in [2.45, 2.75) is 25.9 Å². The molecule has 3 heterocycles. The van der Waals surface area contributed by atoms with E-state index < -0.39 is 11.5 Å². The molecule has 0 bridgehead atoms. The molecule has 0 radical (unpaired) electrons. The van der Waals surface area contributed by atoms with Gasteiger partial charge in [-0.15, -0.1) is 0 Å². The van der Waals surface area contributed by atoms with Crippen molar-refractivity contribution in [3.05, 3.63) is 45.9 Å². The third-order valence-electron chi connectivity index (χ3n) is 4.60. The van der Waals surface area contributed by atoms with Gasteiger partial charge in [0, 0.05) is 32.0 Å². The number of H-pyrrole nitrogens is 1. The maximum Gasteiger partial charge on any atom is 0.343 e. The summed E-state index contributed by atoms with van der Waals surface area (Å²) < 4.78 is 15.7. The minimum Gasteiger partial charge on any atom is -0.489 e. The fourth-order valence-electron chi connectivity index (χ4n) is 3.16. The first-order valence-corrected chi connectivity index (χ1v) is 8.75. The van der Waals surface area contributed by atoms with Crippen molar-refractivity contribution in [3.63, 3.8) is 0 Å². The molecule has 8 heteroatoms. The van der Waals surface area contributed by atoms with Gasteiger partial charge in [-0.2, -0.15) is 0 Å². The van der Waals surface area contributed by atoms with Crippen molar-refractivity contribution in [2.24, 2.45) is 0 Å². The highest BCUT2D eigenvalue weighted by atomic mass is 16.5. The van der Waals surface area contributed by atoms with Crippen molar-refractivity contribution in [3.8, 4) is 11.6 Å². The van der Waals surface area contributed by atoms with Crippen molar-refractivity contribution in [2.75, 3.05) is 32.2 Å². The first kappa shape index (κ1) is 18.8. The molecule has 0 amide bonds. The number of aryl methyl sites for hydroxylation is 1. The van der Waals surface area contributed by atoms with Crippen LogP contribution >= 0.6 is 0 Å². The van der Waals surface area contributed by atoms with Crippen molar-refractivity contribution < 1.29 is 19.0 Å². The van der Waals surface area contributed by atoms with Gasteiger partial charge in [-0.1, -0.05) is 0 Å². The van der Waals surface area contributed by atoms with Crippen LogP contribution in [-0.2, 0) is 4.74 Å². The number of nitrogens with zero attached hydrogens (tertiary/aromatic N) is 2. The predicted molar refractivity (Wildman–Crippen MR) is 99.8 cm³/mol. The number of aromatic nitrogens is 2. The van der Waals surface area contributed by atoms with Crippen LogP contribution in [0.3, 0.4) is 0 Å². The molecule has 1 N–H and O–H groups in total. The van der Waals surface area contributed by atoms with Gasteiger partial charge in [-0.05, 0) is 24.6 Å². The zero-order valence-corrected chi connectivity index (χ0v) is 15.7. The molecule has 2 aromatic rings. The lowest BCUT2D eigenvalue weighted by Gasteiger charge is -2.34. The molecule has 3 rings (SSSR count). The smallest absolute Gasteiger partial charge is 0.343 e. The standard InChI is InChI=1S/C19H23N3O5/c1-12-10-15(19(24)26-3)18(23)21-17(12)22-8-6-13(7-9-22)27-14-4-5-16(25-2)20-11-14/h4-5,10-11,13H,6-9H2,1-3H3,(H,21,23). The fraction of sp³-hybridized carbons (Fsp3) is 0.421. The second-order valence-electron chi connectivity index (χ2n) is 6.38. The Morgan fingerprint density at radius 1 is 1.26 bits per heavy atom. The summed E-state index contributed by atoms with van der Waals surface area (Å²) in [5.41, 5.74) is 0.405. The van der Waals surface area contributed by atoms with E-state index in [0.717, 1.165) is 37.3 Å². The zero-order valence-electron chi connectivity index (χ0n) is 15.7. The number of hydrogen-bond acceptors (Lipinski definition) is 7. The van der Waals surface area contributed by atoms with Crippen LogP contribution in [-0.4, -0.2) is 49.4 Å². The topological polar surface area (TPSA) is 93.8 Å². The number of methoxy groups -OCH3 is 2. The monoisotopic (exact) mass is 373 g/mol. The normalized spacial score (nSPS) is 14.7. The maximum absolute atomic E-state index is 12.2. The van der Waals surface area contributed by atoms with E-state index in [4.69, 9.17) is 9.47 Å². The number of aromatic amines is 1. The molecule has 8 nitrogen and oxygen atoms in total. The van der Waals surface area contributed by atoms with Gasteiger partial charge >= 0.3 is 5.97 Å². The number of pyridine rings is 2. The third kappa shape index (κ3) is 4.21. The highest BCUT2D eigenvalue weighted by Crippen LogP contribution is 2.24. The Kier molecular flexibility index (Phi) is 5.63. The minimum absolute atomic E-state index is 0.0176. The Bertz CT molecular complexity index is 855. The van der Waals surface area contributed by atoms with E-state index in [-0.39, 0.29) is 11.7 Å². The van der Waals surface area contributed by atoms with Gasteiger partial charge in [-0.25, -0.2) is 9.78 Å². The molecule has 2 aromatic heterocycles. The van der Waals surface area contributed by atoms with Gasteiger partial charge in [-0.3, -0.25) is 4.79 Å². The molecule has 0 saturated carbocycles. The predicted octanol–water partition coefficient (Wildman–Crippen LogP) is 1.92. The summed E-state index contributed by atoms with van der Waals surface area (Å²) in [5, 5.41) is 0. The van der Waals surface area contributed by atoms with Crippen LogP contribution in [0.1, 0.15) is 28.8 Å². The van der Waals surface area contributed by atoms with E-state index in [0.29, 0.717) is 11.6 Å². The molecule has 1 aliphatic rings. The fourth-order valence-corrected chi connectivity index (χ4v) is 3.16. The maximum atomic E-state index is 12.2. The first-order chi connectivity index (χ1) is 13.0. The van der Waals surface area contributed by atoms with E-state index in [1.54, 1.807) is 25.4 Å². The van der Waals surface area contributed by atoms with Crippen LogP contribution in [0, 0.1) is 6.92 Å². The molecule has 1 aliphatic heterocycles. The van der Waals surface area contributed by atoms with E-state index in [2.05, 4.69) is 19.6 Å². The summed E-state index contributed by atoms with van der Waals surface area (Å²) >= 11 is 0. The lowest BCUT2D eigenvalue weighted by molar-refractivity contribution is 0.0598. The first-order valence-electron chi connectivity index (χ1n) is 8.75. The van der Waals surface area contributed by atoms with Crippen LogP contribution in [0.25, 0.3) is 0 Å². The molecule has 0 spiro atoms. The summed E-state index contributed by atoms with van der Waals surface area (Å²) in [6, 6.07) is 5.18. The van der Waals surface area contributed by atoms with Crippen LogP contribution < -0.4 is 19.9 Å². The molecule has 0 unspecified atom stereocenters. The Balaban J connectivity index is 1.64. The Labute approximate surface area is 157 Å². The Morgan fingerprint density at radius 3 is 2.59 bits per heavy atom. The molecule has 0 aromatic carbocycles. The third-order valence-corrected chi connectivity index (χ3v) is 4.60. The minimum atomic E-state index is -0.633.